The third kappa shape index (κ3) is 3.01. The lowest BCUT2D eigenvalue weighted by Crippen LogP contribution is -2.49. The number of carboxylic acid groups (broad SMARTS) is 1. The second kappa shape index (κ2) is 5.39. The van der Waals surface area contributed by atoms with Crippen LogP contribution in [-0.2, 0) is 4.79 Å². The Morgan fingerprint density at radius 3 is 2.50 bits per heavy atom. The number of nitrogens with two attached hydrogens (primary N) is 1. The highest BCUT2D eigenvalue weighted by molar-refractivity contribution is 5.76. The number of aliphatic carboxylic acids is 1. The van der Waals surface area contributed by atoms with Gasteiger partial charge in [-0.1, -0.05) is 12.2 Å². The molecule has 2 unspecified atom stereocenters. The molecule has 4 N–H and O–H groups in total. The van der Waals surface area contributed by atoms with Crippen molar-refractivity contribution < 1.29 is 14.7 Å². The second-order valence-corrected chi connectivity index (χ2v) is 4.95. The lowest BCUT2D eigenvalue weighted by molar-refractivity contribution is -0.140. The maximum absolute atomic E-state index is 11.9. The zero-order chi connectivity index (χ0) is 13.1. The minimum atomic E-state index is -0.841. The van der Waals surface area contributed by atoms with Crippen LogP contribution in [0.15, 0.2) is 12.2 Å². The topological polar surface area (TPSA) is 95.7 Å². The number of carbonyl (C=O) groups is 2. The molecular weight excluding hydrogens is 234 g/mol. The Kier molecular flexibility index (Phi) is 3.86. The Morgan fingerprint density at radius 2 is 1.94 bits per heavy atom. The maximum Gasteiger partial charge on any atom is 0.317 e. The average Bonchev–Trinajstić information content (AvgIpc) is 2.78. The molecule has 0 radical (unpaired) electrons. The molecule has 0 aromatic carbocycles. The number of urea groups is 1. The third-order valence-corrected chi connectivity index (χ3v) is 3.54. The number of carbonyl (C=O) groups excluding carboxylic acids is 1. The van der Waals surface area contributed by atoms with Gasteiger partial charge in [-0.15, -0.1) is 0 Å². The summed E-state index contributed by atoms with van der Waals surface area (Å²) in [5, 5.41) is 11.7. The molecule has 1 fully saturated rings. The van der Waals surface area contributed by atoms with E-state index in [9.17, 15) is 9.59 Å². The minimum Gasteiger partial charge on any atom is -0.481 e. The molecule has 0 saturated carbocycles. The highest BCUT2D eigenvalue weighted by Gasteiger charge is 2.27. The summed E-state index contributed by atoms with van der Waals surface area (Å²) in [7, 11) is 0. The summed E-state index contributed by atoms with van der Waals surface area (Å²) in [6.45, 7) is 1.34. The molecule has 1 aliphatic heterocycles. The van der Waals surface area contributed by atoms with Crippen molar-refractivity contribution in [1.29, 1.82) is 0 Å². The van der Waals surface area contributed by atoms with Crippen molar-refractivity contribution in [3.63, 3.8) is 0 Å². The van der Waals surface area contributed by atoms with Crippen molar-refractivity contribution in [2.75, 3.05) is 13.1 Å². The SMILES string of the molecule is NC1CCN(C(=O)NC2C=CC(C(=O)O)C2)CC1. The Bertz CT molecular complexity index is 362. The zero-order valence-electron chi connectivity index (χ0n) is 10.2. The Hall–Kier alpha value is -1.56. The fraction of sp³-hybridized carbons (Fsp3) is 0.667. The van der Waals surface area contributed by atoms with Gasteiger partial charge in [-0.25, -0.2) is 4.79 Å². The number of hydrogen-bond acceptors (Lipinski definition) is 3. The Balaban J connectivity index is 1.79. The number of nitrogens with zero attached hydrogens (tertiary/aromatic N) is 1. The maximum atomic E-state index is 11.9. The molecule has 1 saturated heterocycles. The van der Waals surface area contributed by atoms with Crippen LogP contribution in [0.25, 0.3) is 0 Å². The van der Waals surface area contributed by atoms with Gasteiger partial charge in [-0.05, 0) is 19.3 Å². The van der Waals surface area contributed by atoms with Gasteiger partial charge in [0.25, 0.3) is 0 Å². The largest absolute Gasteiger partial charge is 0.481 e. The molecule has 100 valence electrons. The van der Waals surface area contributed by atoms with Gasteiger partial charge in [0.15, 0.2) is 0 Å². The van der Waals surface area contributed by atoms with Crippen LogP contribution in [0.5, 0.6) is 0 Å². The van der Waals surface area contributed by atoms with Gasteiger partial charge in [-0.3, -0.25) is 4.79 Å². The molecule has 6 nitrogen and oxygen atoms in total. The van der Waals surface area contributed by atoms with E-state index < -0.39 is 11.9 Å². The number of piperidine rings is 1. The van der Waals surface area contributed by atoms with Crippen molar-refractivity contribution in [1.82, 2.24) is 10.2 Å². The van der Waals surface area contributed by atoms with Crippen LogP contribution in [0.4, 0.5) is 4.79 Å². The summed E-state index contributed by atoms with van der Waals surface area (Å²) in [6.07, 6.45) is 5.48. The number of hydrogen-bond donors (Lipinski definition) is 3. The average molecular weight is 253 g/mol. The van der Waals surface area contributed by atoms with Crippen LogP contribution in [0.1, 0.15) is 19.3 Å². The molecular formula is C12H19N3O3. The first-order chi connectivity index (χ1) is 8.56. The molecule has 1 heterocycles. The van der Waals surface area contributed by atoms with Crippen LogP contribution in [0, 0.1) is 5.92 Å². The Labute approximate surface area is 106 Å². The molecule has 2 amide bonds. The first-order valence-electron chi connectivity index (χ1n) is 6.28. The van der Waals surface area contributed by atoms with E-state index in [0.717, 1.165) is 12.8 Å². The number of carboxylic acids is 1. The quantitative estimate of drug-likeness (QED) is 0.610. The van der Waals surface area contributed by atoms with Gasteiger partial charge in [0, 0.05) is 19.1 Å². The molecule has 0 spiro atoms. The number of nitrogens with one attached hydrogen (secondary N) is 1. The molecule has 0 bridgehead atoms. The summed E-state index contributed by atoms with van der Waals surface area (Å²) in [4.78, 5) is 24.5. The Morgan fingerprint density at radius 1 is 1.28 bits per heavy atom. The van der Waals surface area contributed by atoms with Crippen molar-refractivity contribution in [3.8, 4) is 0 Å². The first kappa shape index (κ1) is 12.9. The molecule has 6 heteroatoms. The highest BCUT2D eigenvalue weighted by Crippen LogP contribution is 2.18. The van der Waals surface area contributed by atoms with Crippen LogP contribution in [0.2, 0.25) is 0 Å². The van der Waals surface area contributed by atoms with Crippen molar-refractivity contribution in [3.05, 3.63) is 12.2 Å². The molecule has 18 heavy (non-hydrogen) atoms. The van der Waals surface area contributed by atoms with E-state index in [1.165, 1.54) is 0 Å². The van der Waals surface area contributed by atoms with Gasteiger partial charge < -0.3 is 21.1 Å². The fourth-order valence-electron chi connectivity index (χ4n) is 2.34. The van der Waals surface area contributed by atoms with E-state index in [0.29, 0.717) is 19.5 Å². The van der Waals surface area contributed by atoms with Gasteiger partial charge in [0.05, 0.1) is 12.0 Å². The lowest BCUT2D eigenvalue weighted by Gasteiger charge is -2.31. The van der Waals surface area contributed by atoms with E-state index in [1.54, 1.807) is 17.1 Å². The van der Waals surface area contributed by atoms with Gasteiger partial charge in [0.2, 0.25) is 0 Å². The predicted molar refractivity (Wildman–Crippen MR) is 66.0 cm³/mol. The van der Waals surface area contributed by atoms with Gasteiger partial charge >= 0.3 is 12.0 Å². The lowest BCUT2D eigenvalue weighted by atomic mass is 10.1. The first-order valence-corrected chi connectivity index (χ1v) is 6.28. The van der Waals surface area contributed by atoms with Crippen LogP contribution in [0.3, 0.4) is 0 Å². The number of rotatable bonds is 2. The molecule has 2 aliphatic rings. The molecule has 2 rings (SSSR count). The molecule has 1 aliphatic carbocycles. The minimum absolute atomic E-state index is 0.123. The van der Waals surface area contributed by atoms with Crippen molar-refractivity contribution >= 4 is 12.0 Å². The standard InChI is InChI=1S/C12H19N3O3/c13-9-3-5-15(6-4-9)12(18)14-10-2-1-8(7-10)11(16)17/h1-2,8-10H,3-7,13H2,(H,14,18)(H,16,17). The normalized spacial score (nSPS) is 28.4. The summed E-state index contributed by atoms with van der Waals surface area (Å²) < 4.78 is 0. The van der Waals surface area contributed by atoms with E-state index in [1.807, 2.05) is 0 Å². The van der Waals surface area contributed by atoms with Gasteiger partial charge in [0.1, 0.15) is 0 Å². The summed E-state index contributed by atoms with van der Waals surface area (Å²) in [5.74, 6) is -1.32. The van der Waals surface area contributed by atoms with Crippen molar-refractivity contribution in [2.45, 2.75) is 31.3 Å². The van der Waals surface area contributed by atoms with Crippen molar-refractivity contribution in [2.24, 2.45) is 11.7 Å². The number of amides is 2. The summed E-state index contributed by atoms with van der Waals surface area (Å²) >= 11 is 0. The third-order valence-electron chi connectivity index (χ3n) is 3.54. The zero-order valence-corrected chi connectivity index (χ0v) is 10.2. The predicted octanol–water partition coefficient (Wildman–Crippen LogP) is 0.148. The van der Waals surface area contributed by atoms with Crippen LogP contribution in [-0.4, -0.2) is 47.2 Å². The van der Waals surface area contributed by atoms with E-state index in [4.69, 9.17) is 10.8 Å². The summed E-state index contributed by atoms with van der Waals surface area (Å²) in [6, 6.07) is -0.103. The molecule has 2 atom stereocenters. The van der Waals surface area contributed by atoms with Gasteiger partial charge in [-0.2, -0.15) is 0 Å². The highest BCUT2D eigenvalue weighted by atomic mass is 16.4. The molecule has 0 aromatic heterocycles. The summed E-state index contributed by atoms with van der Waals surface area (Å²) in [5.41, 5.74) is 5.78. The number of likely N-dealkylation sites (tertiary alicyclic amines) is 1. The smallest absolute Gasteiger partial charge is 0.317 e. The molecule has 0 aromatic rings. The van der Waals surface area contributed by atoms with E-state index in [2.05, 4.69) is 5.32 Å². The van der Waals surface area contributed by atoms with E-state index in [-0.39, 0.29) is 18.1 Å². The monoisotopic (exact) mass is 253 g/mol. The fourth-order valence-corrected chi connectivity index (χ4v) is 2.34. The van der Waals surface area contributed by atoms with E-state index >= 15 is 0 Å². The van der Waals surface area contributed by atoms with Crippen LogP contribution >= 0.6 is 0 Å². The second-order valence-electron chi connectivity index (χ2n) is 4.95. The van der Waals surface area contributed by atoms with Crippen LogP contribution < -0.4 is 11.1 Å².